The van der Waals surface area contributed by atoms with E-state index < -0.39 is 5.97 Å². The summed E-state index contributed by atoms with van der Waals surface area (Å²) in [7, 11) is 0. The van der Waals surface area contributed by atoms with Crippen molar-refractivity contribution in [3.63, 3.8) is 0 Å². The lowest BCUT2D eigenvalue weighted by atomic mass is 10.0. The molecule has 16 heavy (non-hydrogen) atoms. The van der Waals surface area contributed by atoms with Gasteiger partial charge in [-0.3, -0.25) is 0 Å². The highest BCUT2D eigenvalue weighted by Gasteiger charge is 2.14. The highest BCUT2D eigenvalue weighted by atomic mass is 32.1. The molecule has 0 aliphatic heterocycles. The van der Waals surface area contributed by atoms with E-state index in [0.29, 0.717) is 11.3 Å². The average Bonchev–Trinajstić information content (AvgIpc) is 2.19. The van der Waals surface area contributed by atoms with Crippen LogP contribution in [0, 0.1) is 18.3 Å². The van der Waals surface area contributed by atoms with Crippen molar-refractivity contribution in [3.8, 4) is 6.07 Å². The molecule has 5 nitrogen and oxygen atoms in total. The number of nitrogens with one attached hydrogen (secondary N) is 1. The van der Waals surface area contributed by atoms with E-state index in [-0.39, 0.29) is 16.2 Å². The zero-order valence-electron chi connectivity index (χ0n) is 8.44. The fourth-order valence-electron chi connectivity index (χ4n) is 1.31. The van der Waals surface area contributed by atoms with Gasteiger partial charge in [-0.15, -0.1) is 0 Å². The molecule has 82 valence electrons. The highest BCUT2D eigenvalue weighted by Crippen LogP contribution is 2.22. The topological polar surface area (TPSA) is 99.1 Å². The van der Waals surface area contributed by atoms with Gasteiger partial charge in [-0.25, -0.2) is 4.79 Å². The summed E-state index contributed by atoms with van der Waals surface area (Å²) in [5.74, 6) is -1.14. The Morgan fingerprint density at radius 1 is 1.62 bits per heavy atom. The van der Waals surface area contributed by atoms with Crippen LogP contribution in [-0.2, 0) is 0 Å². The molecule has 0 radical (unpaired) electrons. The molecule has 0 saturated heterocycles. The normalized spacial score (nSPS) is 9.25. The van der Waals surface area contributed by atoms with Crippen LogP contribution >= 0.6 is 12.2 Å². The highest BCUT2D eigenvalue weighted by molar-refractivity contribution is 7.80. The molecule has 1 aromatic carbocycles. The molecule has 0 amide bonds. The van der Waals surface area contributed by atoms with Gasteiger partial charge in [-0.1, -0.05) is 0 Å². The van der Waals surface area contributed by atoms with Gasteiger partial charge in [0.05, 0.1) is 22.9 Å². The van der Waals surface area contributed by atoms with Crippen LogP contribution in [0.15, 0.2) is 12.1 Å². The lowest BCUT2D eigenvalue weighted by Gasteiger charge is -2.11. The summed E-state index contributed by atoms with van der Waals surface area (Å²) in [6.45, 7) is 1.67. The number of nitriles is 1. The third-order valence-electron chi connectivity index (χ3n) is 1.94. The molecule has 0 unspecified atom stereocenters. The summed E-state index contributed by atoms with van der Waals surface area (Å²) in [5, 5.41) is 20.3. The number of benzene rings is 1. The number of nitrogens with zero attached hydrogens (tertiary/aromatic N) is 1. The Morgan fingerprint density at radius 3 is 2.69 bits per heavy atom. The number of thiocarbonyl (C=S) groups is 1. The molecule has 0 atom stereocenters. The van der Waals surface area contributed by atoms with Crippen LogP contribution in [-0.4, -0.2) is 16.2 Å². The zero-order valence-corrected chi connectivity index (χ0v) is 9.26. The molecule has 0 bridgehead atoms. The largest absolute Gasteiger partial charge is 0.478 e. The van der Waals surface area contributed by atoms with E-state index in [4.69, 9.17) is 16.1 Å². The first-order valence-electron chi connectivity index (χ1n) is 4.30. The van der Waals surface area contributed by atoms with Crippen molar-refractivity contribution in [2.75, 3.05) is 5.32 Å². The van der Waals surface area contributed by atoms with Crippen LogP contribution in [0.1, 0.15) is 21.5 Å². The van der Waals surface area contributed by atoms with Gasteiger partial charge in [-0.05, 0) is 36.8 Å². The first kappa shape index (κ1) is 11.9. The first-order valence-corrected chi connectivity index (χ1v) is 4.71. The van der Waals surface area contributed by atoms with E-state index in [9.17, 15) is 4.79 Å². The molecule has 0 spiro atoms. The fourth-order valence-corrected chi connectivity index (χ4v) is 1.41. The van der Waals surface area contributed by atoms with E-state index in [0.717, 1.165) is 0 Å². The number of aryl methyl sites for hydroxylation is 1. The quantitative estimate of drug-likeness (QED) is 0.666. The molecule has 0 aromatic heterocycles. The number of carboxylic acids is 1. The monoisotopic (exact) mass is 235 g/mol. The van der Waals surface area contributed by atoms with Crippen LogP contribution in [0.5, 0.6) is 0 Å². The number of nitrogens with two attached hydrogens (primary N) is 1. The minimum absolute atomic E-state index is 0.0182. The van der Waals surface area contributed by atoms with Crippen molar-refractivity contribution in [2.24, 2.45) is 5.73 Å². The molecule has 0 fully saturated rings. The van der Waals surface area contributed by atoms with E-state index in [1.54, 1.807) is 13.0 Å². The second-order valence-electron chi connectivity index (χ2n) is 3.12. The van der Waals surface area contributed by atoms with Crippen molar-refractivity contribution >= 4 is 29.0 Å². The number of carbonyl (C=O) groups is 1. The Bertz CT molecular complexity index is 506. The Balaban J connectivity index is 3.41. The summed E-state index contributed by atoms with van der Waals surface area (Å²) in [6, 6.07) is 4.72. The molecule has 0 aliphatic rings. The number of aromatic carboxylic acids is 1. The summed E-state index contributed by atoms with van der Waals surface area (Å²) >= 11 is 4.65. The summed E-state index contributed by atoms with van der Waals surface area (Å²) in [6.07, 6.45) is 0. The van der Waals surface area contributed by atoms with Gasteiger partial charge >= 0.3 is 5.97 Å². The molecule has 1 aromatic rings. The number of carboxylic acid groups (broad SMARTS) is 1. The Morgan fingerprint density at radius 2 is 2.25 bits per heavy atom. The molecule has 6 heteroatoms. The van der Waals surface area contributed by atoms with Crippen LogP contribution in [0.2, 0.25) is 0 Å². The zero-order chi connectivity index (χ0) is 12.3. The van der Waals surface area contributed by atoms with Gasteiger partial charge in [0.2, 0.25) is 0 Å². The van der Waals surface area contributed by atoms with Crippen molar-refractivity contribution in [1.29, 1.82) is 5.26 Å². The van der Waals surface area contributed by atoms with E-state index in [1.807, 2.05) is 6.07 Å². The molecule has 0 heterocycles. The maximum Gasteiger partial charge on any atom is 0.337 e. The molecule has 1 rings (SSSR count). The van der Waals surface area contributed by atoms with Crippen molar-refractivity contribution < 1.29 is 9.90 Å². The van der Waals surface area contributed by atoms with Gasteiger partial charge in [0.1, 0.15) is 0 Å². The minimum Gasteiger partial charge on any atom is -0.478 e. The lowest BCUT2D eigenvalue weighted by molar-refractivity contribution is 0.0698. The smallest absolute Gasteiger partial charge is 0.337 e. The predicted octanol–water partition coefficient (Wildman–Crippen LogP) is 1.22. The summed E-state index contributed by atoms with van der Waals surface area (Å²) < 4.78 is 0. The Labute approximate surface area is 97.5 Å². The molecular weight excluding hydrogens is 226 g/mol. The number of hydrogen-bond acceptors (Lipinski definition) is 3. The maximum absolute atomic E-state index is 11.0. The number of anilines is 1. The standard InChI is InChI=1S/C10H9N3O2S/c1-5-2-6(4-11)3-7(9(14)15)8(5)13-10(12)16/h2-3H,1H3,(H,14,15)(H3,12,13,16). The number of hydrogen-bond donors (Lipinski definition) is 3. The van der Waals surface area contributed by atoms with Crippen molar-refractivity contribution in [3.05, 3.63) is 28.8 Å². The molecule has 0 aliphatic carbocycles. The SMILES string of the molecule is Cc1cc(C#N)cc(C(=O)O)c1NC(N)=S. The molecule has 4 N–H and O–H groups in total. The molecular formula is C10H9N3O2S. The second-order valence-corrected chi connectivity index (χ2v) is 3.56. The molecule has 0 saturated carbocycles. The van der Waals surface area contributed by atoms with Crippen LogP contribution in [0.3, 0.4) is 0 Å². The van der Waals surface area contributed by atoms with Gasteiger partial charge in [0.15, 0.2) is 5.11 Å². The summed E-state index contributed by atoms with van der Waals surface area (Å²) in [4.78, 5) is 11.0. The van der Waals surface area contributed by atoms with Gasteiger partial charge in [0.25, 0.3) is 0 Å². The van der Waals surface area contributed by atoms with Crippen molar-refractivity contribution in [1.82, 2.24) is 0 Å². The van der Waals surface area contributed by atoms with Gasteiger partial charge < -0.3 is 16.2 Å². The Hall–Kier alpha value is -2.13. The van der Waals surface area contributed by atoms with Crippen LogP contribution in [0.4, 0.5) is 5.69 Å². The maximum atomic E-state index is 11.0. The fraction of sp³-hybridized carbons (Fsp3) is 0.100. The van der Waals surface area contributed by atoms with E-state index >= 15 is 0 Å². The average molecular weight is 235 g/mol. The number of rotatable bonds is 2. The first-order chi connectivity index (χ1) is 7.45. The summed E-state index contributed by atoms with van der Waals surface area (Å²) in [5.41, 5.74) is 6.47. The third-order valence-corrected chi connectivity index (χ3v) is 2.05. The third kappa shape index (κ3) is 2.46. The lowest BCUT2D eigenvalue weighted by Crippen LogP contribution is -2.21. The predicted molar refractivity (Wildman–Crippen MR) is 63.3 cm³/mol. The van der Waals surface area contributed by atoms with E-state index in [2.05, 4.69) is 17.5 Å². The second kappa shape index (κ2) is 4.59. The minimum atomic E-state index is -1.14. The van der Waals surface area contributed by atoms with Gasteiger partial charge in [0, 0.05) is 0 Å². The van der Waals surface area contributed by atoms with E-state index in [1.165, 1.54) is 6.07 Å². The van der Waals surface area contributed by atoms with Gasteiger partial charge in [-0.2, -0.15) is 5.26 Å². The van der Waals surface area contributed by atoms with Crippen LogP contribution < -0.4 is 11.1 Å². The van der Waals surface area contributed by atoms with Crippen LogP contribution in [0.25, 0.3) is 0 Å². The Kier molecular flexibility index (Phi) is 3.43. The van der Waals surface area contributed by atoms with Crippen molar-refractivity contribution in [2.45, 2.75) is 6.92 Å².